The predicted octanol–water partition coefficient (Wildman–Crippen LogP) is 2.67. The van der Waals surface area contributed by atoms with Crippen LogP contribution in [0.4, 0.5) is 0 Å². The summed E-state index contributed by atoms with van der Waals surface area (Å²) in [6, 6.07) is 0.120. The fraction of sp³-hybridized carbons (Fsp3) is 0.538. The van der Waals surface area contributed by atoms with E-state index in [1.54, 1.807) is 12.2 Å². The average Bonchev–Trinajstić information content (AvgIpc) is 2.30. The van der Waals surface area contributed by atoms with E-state index in [9.17, 15) is 0 Å². The third kappa shape index (κ3) is 9.44. The van der Waals surface area contributed by atoms with Crippen molar-refractivity contribution in [1.82, 2.24) is 5.32 Å². The molecule has 1 atom stereocenters. The molecule has 0 spiro atoms. The molecule has 0 aliphatic heterocycles. The van der Waals surface area contributed by atoms with Crippen LogP contribution < -0.4 is 5.32 Å². The quantitative estimate of drug-likeness (QED) is 0.635. The summed E-state index contributed by atoms with van der Waals surface area (Å²) in [5, 5.41) is 12.2. The third-order valence-corrected chi connectivity index (χ3v) is 1.79. The van der Waals surface area contributed by atoms with Gasteiger partial charge in [-0.25, -0.2) is 0 Å². The molecule has 0 rings (SSSR count). The molecule has 0 saturated heterocycles. The molecule has 0 bridgehead atoms. The number of allylic oxidation sites excluding steroid dienone is 3. The molecule has 0 saturated carbocycles. The number of hydrogen-bond donors (Lipinski definition) is 2. The molecule has 0 radical (unpaired) electrons. The summed E-state index contributed by atoms with van der Waals surface area (Å²) >= 11 is 0. The summed E-state index contributed by atoms with van der Waals surface area (Å²) in [6.07, 6.45) is 6.23. The van der Waals surface area contributed by atoms with Gasteiger partial charge in [0.1, 0.15) is 0 Å². The van der Waals surface area contributed by atoms with Gasteiger partial charge >= 0.3 is 0 Å². The van der Waals surface area contributed by atoms with Crippen molar-refractivity contribution in [2.24, 2.45) is 0 Å². The van der Waals surface area contributed by atoms with E-state index in [4.69, 9.17) is 5.11 Å². The van der Waals surface area contributed by atoms with Gasteiger partial charge < -0.3 is 10.4 Å². The van der Waals surface area contributed by atoms with E-state index in [-0.39, 0.29) is 12.6 Å². The van der Waals surface area contributed by atoms with Crippen molar-refractivity contribution in [3.05, 3.63) is 37.0 Å². The van der Waals surface area contributed by atoms with Gasteiger partial charge in [0.25, 0.3) is 0 Å². The SMILES string of the molecule is C=C/C=C(\C=C)CC(CO)NCC.CC. The van der Waals surface area contributed by atoms with E-state index in [0.29, 0.717) is 0 Å². The molecule has 0 aromatic rings. The number of likely N-dealkylation sites (N-methyl/N-ethyl adjacent to an activating group) is 1. The lowest BCUT2D eigenvalue weighted by atomic mass is 10.1. The maximum Gasteiger partial charge on any atom is 0.0587 e. The van der Waals surface area contributed by atoms with Crippen LogP contribution in [0.3, 0.4) is 0 Å². The molecule has 88 valence electrons. The van der Waals surface area contributed by atoms with E-state index in [2.05, 4.69) is 18.5 Å². The Labute approximate surface area is 94.4 Å². The van der Waals surface area contributed by atoms with Crippen molar-refractivity contribution < 1.29 is 5.11 Å². The van der Waals surface area contributed by atoms with Crippen LogP contribution in [0.25, 0.3) is 0 Å². The van der Waals surface area contributed by atoms with E-state index in [1.165, 1.54) is 0 Å². The first kappa shape index (κ1) is 16.6. The van der Waals surface area contributed by atoms with Gasteiger partial charge in [-0.05, 0) is 18.5 Å². The second-order valence-electron chi connectivity index (χ2n) is 2.82. The first-order chi connectivity index (χ1) is 7.28. The second-order valence-corrected chi connectivity index (χ2v) is 2.82. The largest absolute Gasteiger partial charge is 0.395 e. The van der Waals surface area contributed by atoms with Crippen molar-refractivity contribution in [3.8, 4) is 0 Å². The standard InChI is InChI=1S/C11H19NO.C2H6/c1-4-7-10(5-2)8-11(9-13)12-6-3;1-2/h4-5,7,11-13H,1-2,6,8-9H2,3H3;1-2H3/b10-7+;. The van der Waals surface area contributed by atoms with Crippen molar-refractivity contribution in [3.63, 3.8) is 0 Å². The molecule has 15 heavy (non-hydrogen) atoms. The molecule has 0 amide bonds. The van der Waals surface area contributed by atoms with Crippen LogP contribution in [0.1, 0.15) is 27.2 Å². The second kappa shape index (κ2) is 13.1. The monoisotopic (exact) mass is 211 g/mol. The molecular weight excluding hydrogens is 186 g/mol. The topological polar surface area (TPSA) is 32.3 Å². The minimum Gasteiger partial charge on any atom is -0.395 e. The fourth-order valence-electron chi connectivity index (χ4n) is 1.15. The van der Waals surface area contributed by atoms with Crippen molar-refractivity contribution in [2.75, 3.05) is 13.2 Å². The minimum atomic E-state index is 0.120. The van der Waals surface area contributed by atoms with E-state index in [1.807, 2.05) is 26.8 Å². The smallest absolute Gasteiger partial charge is 0.0587 e. The number of aliphatic hydroxyl groups excluding tert-OH is 1. The molecule has 0 aliphatic rings. The van der Waals surface area contributed by atoms with Crippen molar-refractivity contribution in [2.45, 2.75) is 33.2 Å². The molecular formula is C13H25NO. The Kier molecular flexibility index (Phi) is 14.5. The third-order valence-electron chi connectivity index (χ3n) is 1.79. The van der Waals surface area contributed by atoms with Crippen LogP contribution in [0.5, 0.6) is 0 Å². The highest BCUT2D eigenvalue weighted by Gasteiger charge is 2.05. The van der Waals surface area contributed by atoms with Gasteiger partial charge in [0.05, 0.1) is 6.61 Å². The lowest BCUT2D eigenvalue weighted by Crippen LogP contribution is -2.32. The van der Waals surface area contributed by atoms with Gasteiger partial charge in [0.2, 0.25) is 0 Å². The normalized spacial score (nSPS) is 12.4. The average molecular weight is 211 g/mol. The Balaban J connectivity index is 0. The van der Waals surface area contributed by atoms with Crippen molar-refractivity contribution >= 4 is 0 Å². The fourth-order valence-corrected chi connectivity index (χ4v) is 1.15. The van der Waals surface area contributed by atoms with Gasteiger partial charge in [-0.3, -0.25) is 0 Å². The predicted molar refractivity (Wildman–Crippen MR) is 69.0 cm³/mol. The molecule has 0 aliphatic carbocycles. The summed E-state index contributed by atoms with van der Waals surface area (Å²) in [7, 11) is 0. The Morgan fingerprint density at radius 2 is 2.00 bits per heavy atom. The zero-order valence-corrected chi connectivity index (χ0v) is 10.3. The Morgan fingerprint density at radius 3 is 2.33 bits per heavy atom. The maximum atomic E-state index is 9.02. The molecule has 0 aromatic heterocycles. The zero-order valence-electron chi connectivity index (χ0n) is 10.3. The van der Waals surface area contributed by atoms with Gasteiger partial charge in [-0.2, -0.15) is 0 Å². The lowest BCUT2D eigenvalue weighted by molar-refractivity contribution is 0.244. The number of nitrogens with one attached hydrogen (secondary N) is 1. The van der Waals surface area contributed by atoms with Crippen molar-refractivity contribution in [1.29, 1.82) is 0 Å². The van der Waals surface area contributed by atoms with Crippen LogP contribution in [0, 0.1) is 0 Å². The number of hydrogen-bond acceptors (Lipinski definition) is 2. The molecule has 1 unspecified atom stereocenters. The Hall–Kier alpha value is -0.860. The van der Waals surface area contributed by atoms with Crippen LogP contribution >= 0.6 is 0 Å². The molecule has 0 heterocycles. The number of aliphatic hydroxyl groups is 1. The van der Waals surface area contributed by atoms with Crippen LogP contribution in [0.2, 0.25) is 0 Å². The van der Waals surface area contributed by atoms with E-state index in [0.717, 1.165) is 18.5 Å². The summed E-state index contributed by atoms with van der Waals surface area (Å²) in [6.45, 7) is 14.4. The maximum absolute atomic E-state index is 9.02. The summed E-state index contributed by atoms with van der Waals surface area (Å²) in [4.78, 5) is 0. The first-order valence-corrected chi connectivity index (χ1v) is 5.56. The molecule has 0 fully saturated rings. The Morgan fingerprint density at radius 1 is 1.40 bits per heavy atom. The van der Waals surface area contributed by atoms with Gasteiger partial charge in [-0.1, -0.05) is 52.2 Å². The highest BCUT2D eigenvalue weighted by Crippen LogP contribution is 2.06. The first-order valence-electron chi connectivity index (χ1n) is 5.56. The molecule has 2 nitrogen and oxygen atoms in total. The Bertz CT molecular complexity index is 185. The zero-order chi connectivity index (χ0) is 12.1. The molecule has 0 aromatic carbocycles. The number of rotatable bonds is 7. The van der Waals surface area contributed by atoms with E-state index >= 15 is 0 Å². The summed E-state index contributed by atoms with van der Waals surface area (Å²) in [5.74, 6) is 0. The minimum absolute atomic E-state index is 0.120. The highest BCUT2D eigenvalue weighted by atomic mass is 16.3. The molecule has 2 heteroatoms. The van der Waals surface area contributed by atoms with E-state index < -0.39 is 0 Å². The van der Waals surface area contributed by atoms with Crippen LogP contribution in [-0.2, 0) is 0 Å². The highest BCUT2D eigenvalue weighted by molar-refractivity contribution is 5.21. The van der Waals surface area contributed by atoms with Gasteiger partial charge in [-0.15, -0.1) is 0 Å². The van der Waals surface area contributed by atoms with Gasteiger partial charge in [0, 0.05) is 6.04 Å². The summed E-state index contributed by atoms with van der Waals surface area (Å²) < 4.78 is 0. The lowest BCUT2D eigenvalue weighted by Gasteiger charge is -2.14. The van der Waals surface area contributed by atoms with Crippen LogP contribution in [0.15, 0.2) is 37.0 Å². The van der Waals surface area contributed by atoms with Crippen LogP contribution in [-0.4, -0.2) is 24.3 Å². The summed E-state index contributed by atoms with van der Waals surface area (Å²) in [5.41, 5.74) is 1.09. The molecule has 2 N–H and O–H groups in total. The van der Waals surface area contributed by atoms with Gasteiger partial charge in [0.15, 0.2) is 0 Å².